The number of sulfonamides is 1. The first-order valence-corrected chi connectivity index (χ1v) is 10.8. The van der Waals surface area contributed by atoms with Crippen molar-refractivity contribution in [1.82, 2.24) is 4.72 Å². The second kappa shape index (κ2) is 8.13. The third kappa shape index (κ3) is 5.32. The van der Waals surface area contributed by atoms with E-state index in [1.54, 1.807) is 35.7 Å². The van der Waals surface area contributed by atoms with Gasteiger partial charge in [-0.15, -0.1) is 11.3 Å². The number of carbonyl (C=O) groups excluding carboxylic acids is 1. The van der Waals surface area contributed by atoms with Gasteiger partial charge in [0, 0.05) is 10.9 Å². The summed E-state index contributed by atoms with van der Waals surface area (Å²) in [5, 5.41) is 2.12. The molecule has 1 aromatic carbocycles. The van der Waals surface area contributed by atoms with Gasteiger partial charge in [-0.25, -0.2) is 13.1 Å². The predicted octanol–water partition coefficient (Wildman–Crippen LogP) is 5.00. The van der Waals surface area contributed by atoms with Crippen LogP contribution in [0.1, 0.15) is 18.5 Å². The van der Waals surface area contributed by atoms with Crippen LogP contribution in [0.4, 0.5) is 0 Å². The van der Waals surface area contributed by atoms with Crippen molar-refractivity contribution in [3.8, 4) is 0 Å². The minimum absolute atomic E-state index is 0.125. The molecule has 0 aliphatic rings. The number of carbonyl (C=O) groups is 1. The van der Waals surface area contributed by atoms with Crippen LogP contribution in [0.3, 0.4) is 0 Å². The summed E-state index contributed by atoms with van der Waals surface area (Å²) in [5.74, 6) is -1.64. The van der Waals surface area contributed by atoms with Crippen molar-refractivity contribution >= 4 is 73.5 Å². The Balaban J connectivity index is 2.42. The number of halogens is 4. The maximum atomic E-state index is 12.6. The van der Waals surface area contributed by atoms with E-state index < -0.39 is 31.6 Å². The first-order valence-electron chi connectivity index (χ1n) is 6.94. The van der Waals surface area contributed by atoms with E-state index in [0.717, 1.165) is 11.3 Å². The Morgan fingerprint density at radius 3 is 2.24 bits per heavy atom. The van der Waals surface area contributed by atoms with Gasteiger partial charge in [0.2, 0.25) is 3.79 Å². The van der Waals surface area contributed by atoms with E-state index in [2.05, 4.69) is 4.72 Å². The lowest BCUT2D eigenvalue weighted by Crippen LogP contribution is -2.39. The molecule has 0 radical (unpaired) electrons. The minimum Gasteiger partial charge on any atom is -0.294 e. The summed E-state index contributed by atoms with van der Waals surface area (Å²) in [6, 6.07) is 8.58. The molecule has 2 aromatic rings. The second-order valence-corrected chi connectivity index (χ2v) is 10.8. The van der Waals surface area contributed by atoms with Crippen LogP contribution in [0.15, 0.2) is 46.0 Å². The monoisotopic (exact) mass is 459 g/mol. The molecule has 0 amide bonds. The van der Waals surface area contributed by atoms with Crippen LogP contribution < -0.4 is 4.72 Å². The number of benzene rings is 1. The van der Waals surface area contributed by atoms with E-state index in [1.807, 2.05) is 0 Å². The molecule has 1 aromatic heterocycles. The number of rotatable bonds is 6. The normalized spacial score (nSPS) is 14.9. The number of thiophene rings is 1. The second-order valence-electron chi connectivity index (χ2n) is 5.23. The zero-order chi connectivity index (χ0) is 18.8. The fourth-order valence-corrected chi connectivity index (χ4v) is 5.14. The molecule has 0 aliphatic carbocycles. The molecule has 0 fully saturated rings. The first kappa shape index (κ1) is 21.0. The average Bonchev–Trinajstić information content (AvgIpc) is 3.07. The van der Waals surface area contributed by atoms with E-state index in [9.17, 15) is 13.2 Å². The van der Waals surface area contributed by atoms with Crippen molar-refractivity contribution in [1.29, 1.82) is 0 Å². The van der Waals surface area contributed by atoms with Gasteiger partial charge < -0.3 is 0 Å². The summed E-state index contributed by atoms with van der Waals surface area (Å²) in [5.41, 5.74) is 0.527. The molecule has 0 bridgehead atoms. The van der Waals surface area contributed by atoms with Gasteiger partial charge in [-0.2, -0.15) is 0 Å². The smallest absolute Gasteiger partial charge is 0.250 e. The van der Waals surface area contributed by atoms with Gasteiger partial charge in [0.15, 0.2) is 5.78 Å². The van der Waals surface area contributed by atoms with Crippen LogP contribution in [0.2, 0.25) is 5.02 Å². The molecule has 2 atom stereocenters. The zero-order valence-electron chi connectivity index (χ0n) is 12.7. The van der Waals surface area contributed by atoms with Crippen LogP contribution >= 0.6 is 57.7 Å². The maximum absolute atomic E-state index is 12.6. The zero-order valence-corrected chi connectivity index (χ0v) is 17.4. The van der Waals surface area contributed by atoms with Gasteiger partial charge >= 0.3 is 0 Å². The van der Waals surface area contributed by atoms with E-state index in [0.29, 0.717) is 10.6 Å². The third-order valence-corrected chi connectivity index (χ3v) is 7.11. The van der Waals surface area contributed by atoms with E-state index in [4.69, 9.17) is 46.4 Å². The molecule has 1 heterocycles. The summed E-state index contributed by atoms with van der Waals surface area (Å²) < 4.78 is 25.7. The summed E-state index contributed by atoms with van der Waals surface area (Å²) in [6.45, 7) is 1.50. The Hall–Kier alpha value is -0.340. The summed E-state index contributed by atoms with van der Waals surface area (Å²) in [4.78, 5) is 12.4. The molecular weight excluding hydrogens is 448 g/mol. The van der Waals surface area contributed by atoms with Gasteiger partial charge in [-0.3, -0.25) is 4.79 Å². The fraction of sp³-hybridized carbons (Fsp3) is 0.267. The number of hydrogen-bond acceptors (Lipinski definition) is 4. The highest BCUT2D eigenvalue weighted by Crippen LogP contribution is 2.36. The lowest BCUT2D eigenvalue weighted by molar-refractivity contribution is -0.122. The Kier molecular flexibility index (Phi) is 6.82. The fourth-order valence-electron chi connectivity index (χ4n) is 2.18. The summed E-state index contributed by atoms with van der Waals surface area (Å²) in [6.07, 6.45) is 0. The molecule has 136 valence electrons. The molecular formula is C15H13Cl4NO3S2. The lowest BCUT2D eigenvalue weighted by Gasteiger charge is -2.26. The summed E-state index contributed by atoms with van der Waals surface area (Å²) >= 11 is 24.0. The molecule has 0 saturated heterocycles. The number of Topliss-reactive ketones (excluding diaryl/α,β-unsaturated/α-hetero) is 1. The van der Waals surface area contributed by atoms with E-state index in [-0.39, 0.29) is 4.21 Å². The van der Waals surface area contributed by atoms with Crippen molar-refractivity contribution in [2.75, 3.05) is 0 Å². The van der Waals surface area contributed by atoms with Crippen molar-refractivity contribution < 1.29 is 13.2 Å². The molecule has 2 rings (SSSR count). The molecule has 0 unspecified atom stereocenters. The Morgan fingerprint density at radius 2 is 1.76 bits per heavy atom. The van der Waals surface area contributed by atoms with Crippen LogP contribution in [0.25, 0.3) is 0 Å². The van der Waals surface area contributed by atoms with Gasteiger partial charge in [0.05, 0.1) is 6.04 Å². The number of alkyl halides is 3. The number of nitrogens with one attached hydrogen (secondary N) is 1. The maximum Gasteiger partial charge on any atom is 0.250 e. The topological polar surface area (TPSA) is 63.2 Å². The van der Waals surface area contributed by atoms with Crippen LogP contribution in [-0.2, 0) is 14.8 Å². The highest BCUT2D eigenvalue weighted by Gasteiger charge is 2.40. The quantitative estimate of drug-likeness (QED) is 0.617. The predicted molar refractivity (Wildman–Crippen MR) is 103 cm³/mol. The average molecular weight is 461 g/mol. The number of hydrogen-bond donors (Lipinski definition) is 1. The van der Waals surface area contributed by atoms with Gasteiger partial charge in [0.1, 0.15) is 4.21 Å². The van der Waals surface area contributed by atoms with E-state index in [1.165, 1.54) is 13.0 Å². The van der Waals surface area contributed by atoms with Gasteiger partial charge in [-0.05, 0) is 29.1 Å². The van der Waals surface area contributed by atoms with Crippen molar-refractivity contribution in [2.45, 2.75) is 21.0 Å². The standard InChI is InChI=1S/C15H13Cl4NO3S2/c1-9(14(21)15(17,18)19)13(10-4-6-11(16)7-5-10)20-25(22,23)12-3-2-8-24-12/h2-9,13,20H,1H3/t9-,13-/m0/s1. The van der Waals surface area contributed by atoms with Gasteiger partial charge in [0.25, 0.3) is 10.0 Å². The number of ketones is 1. The van der Waals surface area contributed by atoms with E-state index >= 15 is 0 Å². The highest BCUT2D eigenvalue weighted by atomic mass is 35.6. The SMILES string of the molecule is C[C@H](C(=O)C(Cl)(Cl)Cl)[C@H](NS(=O)(=O)c1cccs1)c1ccc(Cl)cc1. The lowest BCUT2D eigenvalue weighted by atomic mass is 9.92. The molecule has 0 aliphatic heterocycles. The molecule has 25 heavy (non-hydrogen) atoms. The Bertz CT molecular complexity index is 831. The highest BCUT2D eigenvalue weighted by molar-refractivity contribution is 7.91. The van der Waals surface area contributed by atoms with Crippen LogP contribution in [0, 0.1) is 5.92 Å². The Labute approximate surface area is 170 Å². The largest absolute Gasteiger partial charge is 0.294 e. The molecule has 4 nitrogen and oxygen atoms in total. The molecule has 0 spiro atoms. The first-order chi connectivity index (χ1) is 11.5. The van der Waals surface area contributed by atoms with Crippen molar-refractivity contribution in [2.24, 2.45) is 5.92 Å². The molecule has 1 N–H and O–H groups in total. The molecule has 10 heteroatoms. The Morgan fingerprint density at radius 1 is 1.16 bits per heavy atom. The van der Waals surface area contributed by atoms with Crippen molar-refractivity contribution in [3.63, 3.8) is 0 Å². The van der Waals surface area contributed by atoms with Gasteiger partial charge in [-0.1, -0.05) is 71.5 Å². The van der Waals surface area contributed by atoms with Crippen LogP contribution in [-0.4, -0.2) is 18.0 Å². The van der Waals surface area contributed by atoms with Crippen LogP contribution in [0.5, 0.6) is 0 Å². The summed E-state index contributed by atoms with van der Waals surface area (Å²) in [7, 11) is -3.84. The minimum atomic E-state index is -3.84. The van der Waals surface area contributed by atoms with Crippen molar-refractivity contribution in [3.05, 3.63) is 52.4 Å². The third-order valence-electron chi connectivity index (χ3n) is 3.46. The molecule has 0 saturated carbocycles.